The first kappa shape index (κ1) is 22.4. The van der Waals surface area contributed by atoms with Crippen LogP contribution >= 0.6 is 11.8 Å². The van der Waals surface area contributed by atoms with E-state index < -0.39 is 0 Å². The zero-order valence-electron chi connectivity index (χ0n) is 17.0. The van der Waals surface area contributed by atoms with Crippen molar-refractivity contribution in [2.24, 2.45) is 5.92 Å². The molecule has 152 valence electrons. The third kappa shape index (κ3) is 7.55. The van der Waals surface area contributed by atoms with Crippen LogP contribution in [-0.4, -0.2) is 25.4 Å². The minimum atomic E-state index is -0.225. The number of anilines is 1. The monoisotopic (exact) mass is 410 g/mol. The number of ether oxygens (including phenoxy) is 2. The van der Waals surface area contributed by atoms with Crippen LogP contribution in [0.2, 0.25) is 0 Å². The van der Waals surface area contributed by atoms with Crippen molar-refractivity contribution in [3.05, 3.63) is 54.1 Å². The molecule has 0 aromatic heterocycles. The quantitative estimate of drug-likeness (QED) is 0.323. The van der Waals surface area contributed by atoms with Gasteiger partial charge in [-0.3, -0.25) is 4.79 Å². The average Bonchev–Trinajstić information content (AvgIpc) is 2.72. The molecule has 1 amide bonds. The van der Waals surface area contributed by atoms with Crippen LogP contribution in [0, 0.1) is 17.2 Å². The van der Waals surface area contributed by atoms with Crippen molar-refractivity contribution in [3.8, 4) is 17.6 Å². The molecule has 6 heteroatoms. The Balaban J connectivity index is 2.03. The van der Waals surface area contributed by atoms with Crippen LogP contribution in [0.3, 0.4) is 0 Å². The average molecular weight is 411 g/mol. The first-order valence-electron chi connectivity index (χ1n) is 9.42. The molecule has 2 rings (SSSR count). The molecule has 0 radical (unpaired) electrons. The summed E-state index contributed by atoms with van der Waals surface area (Å²) in [4.78, 5) is 13.3. The fraction of sp³-hybridized carbons (Fsp3) is 0.304. The minimum absolute atomic E-state index is 0.225. The van der Waals surface area contributed by atoms with Gasteiger partial charge < -0.3 is 14.8 Å². The number of methoxy groups -OCH3 is 1. The fourth-order valence-corrected chi connectivity index (χ4v) is 3.27. The molecule has 0 atom stereocenters. The minimum Gasteiger partial charge on any atom is -0.493 e. The molecule has 0 aliphatic heterocycles. The summed E-state index contributed by atoms with van der Waals surface area (Å²) in [6, 6.07) is 15.3. The molecule has 0 heterocycles. The van der Waals surface area contributed by atoms with Gasteiger partial charge in [-0.05, 0) is 41.8 Å². The van der Waals surface area contributed by atoms with Crippen LogP contribution in [0.1, 0.15) is 25.8 Å². The molecular formula is C23H26N2O3S. The Morgan fingerprint density at radius 1 is 1.24 bits per heavy atom. The Morgan fingerprint density at radius 3 is 2.76 bits per heavy atom. The Hall–Kier alpha value is -2.91. The van der Waals surface area contributed by atoms with Crippen LogP contribution in [0.25, 0.3) is 6.08 Å². The molecule has 0 spiro atoms. The van der Waals surface area contributed by atoms with E-state index in [0.717, 1.165) is 16.1 Å². The topological polar surface area (TPSA) is 71.3 Å². The molecule has 5 nitrogen and oxygen atoms in total. The van der Waals surface area contributed by atoms with Crippen LogP contribution < -0.4 is 14.8 Å². The molecule has 2 aromatic carbocycles. The van der Waals surface area contributed by atoms with Gasteiger partial charge in [-0.2, -0.15) is 5.26 Å². The number of thioether (sulfide) groups is 1. The Labute approximate surface area is 176 Å². The van der Waals surface area contributed by atoms with Gasteiger partial charge in [0.15, 0.2) is 11.5 Å². The van der Waals surface area contributed by atoms with E-state index in [9.17, 15) is 4.79 Å². The fourth-order valence-electron chi connectivity index (χ4n) is 2.41. The van der Waals surface area contributed by atoms with Crippen LogP contribution in [-0.2, 0) is 4.79 Å². The molecular weight excluding hydrogens is 384 g/mol. The summed E-state index contributed by atoms with van der Waals surface area (Å²) in [6.45, 7) is 4.78. The maximum atomic E-state index is 12.4. The van der Waals surface area contributed by atoms with E-state index in [1.54, 1.807) is 24.9 Å². The Kier molecular flexibility index (Phi) is 9.13. The number of rotatable bonds is 10. The normalized spacial score (nSPS) is 10.7. The van der Waals surface area contributed by atoms with E-state index in [1.807, 2.05) is 42.5 Å². The van der Waals surface area contributed by atoms with E-state index in [2.05, 4.69) is 25.2 Å². The third-order valence-corrected chi connectivity index (χ3v) is 4.88. The lowest BCUT2D eigenvalue weighted by Gasteiger charge is -2.12. The van der Waals surface area contributed by atoms with Crippen molar-refractivity contribution in [2.45, 2.75) is 25.2 Å². The van der Waals surface area contributed by atoms with Gasteiger partial charge in [0, 0.05) is 23.1 Å². The number of carbonyl (C=O) groups excluding carboxylic acids is 1. The van der Waals surface area contributed by atoms with Crippen LogP contribution in [0.15, 0.2) is 53.4 Å². The van der Waals surface area contributed by atoms with Crippen LogP contribution in [0.4, 0.5) is 5.69 Å². The van der Waals surface area contributed by atoms with E-state index >= 15 is 0 Å². The molecule has 0 aliphatic rings. The van der Waals surface area contributed by atoms with E-state index in [4.69, 9.17) is 14.7 Å². The number of hydrogen-bond acceptors (Lipinski definition) is 5. The van der Waals surface area contributed by atoms with Crippen molar-refractivity contribution >= 4 is 29.4 Å². The maximum absolute atomic E-state index is 12.4. The SMILES string of the molecule is COc1cc(C=CC(=O)Nc2ccccc2SCCC#N)ccc1OCC(C)C. The van der Waals surface area contributed by atoms with Crippen molar-refractivity contribution in [2.75, 3.05) is 24.8 Å². The van der Waals surface area contributed by atoms with E-state index in [-0.39, 0.29) is 5.91 Å². The molecule has 0 saturated carbocycles. The first-order valence-corrected chi connectivity index (χ1v) is 10.4. The lowest BCUT2D eigenvalue weighted by atomic mass is 10.2. The Bertz CT molecular complexity index is 888. The highest BCUT2D eigenvalue weighted by Crippen LogP contribution is 2.29. The van der Waals surface area contributed by atoms with Gasteiger partial charge in [-0.25, -0.2) is 0 Å². The second kappa shape index (κ2) is 11.8. The molecule has 0 bridgehead atoms. The molecule has 0 saturated heterocycles. The van der Waals surface area contributed by atoms with Gasteiger partial charge in [0.2, 0.25) is 5.91 Å². The van der Waals surface area contributed by atoms with Gasteiger partial charge in [-0.1, -0.05) is 32.0 Å². The number of nitriles is 1. The number of para-hydroxylation sites is 1. The van der Waals surface area contributed by atoms with E-state index in [0.29, 0.717) is 36.2 Å². The number of nitrogens with one attached hydrogen (secondary N) is 1. The van der Waals surface area contributed by atoms with Gasteiger partial charge in [-0.15, -0.1) is 11.8 Å². The van der Waals surface area contributed by atoms with Crippen molar-refractivity contribution in [1.82, 2.24) is 0 Å². The lowest BCUT2D eigenvalue weighted by Crippen LogP contribution is -2.08. The lowest BCUT2D eigenvalue weighted by molar-refractivity contribution is -0.111. The number of hydrogen-bond donors (Lipinski definition) is 1. The summed E-state index contributed by atoms with van der Waals surface area (Å²) in [6.07, 6.45) is 3.68. The number of nitrogens with zero attached hydrogens (tertiary/aromatic N) is 1. The summed E-state index contributed by atoms with van der Waals surface area (Å²) in [7, 11) is 1.60. The van der Waals surface area contributed by atoms with E-state index in [1.165, 1.54) is 6.08 Å². The highest BCUT2D eigenvalue weighted by atomic mass is 32.2. The van der Waals surface area contributed by atoms with Crippen molar-refractivity contribution < 1.29 is 14.3 Å². The van der Waals surface area contributed by atoms with Gasteiger partial charge in [0.05, 0.1) is 25.5 Å². The zero-order valence-corrected chi connectivity index (χ0v) is 17.8. The molecule has 29 heavy (non-hydrogen) atoms. The maximum Gasteiger partial charge on any atom is 0.248 e. The highest BCUT2D eigenvalue weighted by Gasteiger charge is 2.07. The van der Waals surface area contributed by atoms with Gasteiger partial charge >= 0.3 is 0 Å². The largest absolute Gasteiger partial charge is 0.493 e. The molecule has 0 aliphatic carbocycles. The summed E-state index contributed by atoms with van der Waals surface area (Å²) >= 11 is 1.55. The summed E-state index contributed by atoms with van der Waals surface area (Å²) in [5, 5.41) is 11.6. The molecule has 0 fully saturated rings. The number of carbonyl (C=O) groups is 1. The summed E-state index contributed by atoms with van der Waals surface area (Å²) in [5.41, 5.74) is 1.57. The molecule has 1 N–H and O–H groups in total. The predicted molar refractivity (Wildman–Crippen MR) is 118 cm³/mol. The van der Waals surface area contributed by atoms with Crippen LogP contribution in [0.5, 0.6) is 11.5 Å². The van der Waals surface area contributed by atoms with Crippen molar-refractivity contribution in [3.63, 3.8) is 0 Å². The predicted octanol–water partition coefficient (Wildman–Crippen LogP) is 5.39. The number of amides is 1. The van der Waals surface area contributed by atoms with Gasteiger partial charge in [0.25, 0.3) is 0 Å². The summed E-state index contributed by atoms with van der Waals surface area (Å²) in [5.74, 6) is 2.20. The summed E-state index contributed by atoms with van der Waals surface area (Å²) < 4.78 is 11.1. The van der Waals surface area contributed by atoms with Crippen molar-refractivity contribution in [1.29, 1.82) is 5.26 Å². The second-order valence-electron chi connectivity index (χ2n) is 6.69. The standard InChI is InChI=1S/C23H26N2O3S/c1-17(2)16-28-20-11-9-18(15-21(20)27-3)10-12-23(26)25-19-7-4-5-8-22(19)29-14-6-13-24/h4-5,7-12,15,17H,6,14,16H2,1-3H3,(H,25,26). The third-order valence-electron chi connectivity index (χ3n) is 3.80. The Morgan fingerprint density at radius 2 is 2.03 bits per heavy atom. The first-order chi connectivity index (χ1) is 14.0. The molecule has 0 unspecified atom stereocenters. The smallest absolute Gasteiger partial charge is 0.248 e. The number of benzene rings is 2. The zero-order chi connectivity index (χ0) is 21.1. The molecule has 2 aromatic rings. The second-order valence-corrected chi connectivity index (χ2v) is 7.83. The van der Waals surface area contributed by atoms with Gasteiger partial charge in [0.1, 0.15) is 0 Å². The highest BCUT2D eigenvalue weighted by molar-refractivity contribution is 7.99.